The molecule has 9 heteroatoms. The molecule has 0 aromatic rings. The molecule has 1 unspecified atom stereocenters. The summed E-state index contributed by atoms with van der Waals surface area (Å²) in [6.45, 7) is 1.82. The van der Waals surface area contributed by atoms with Gasteiger partial charge in [-0.15, -0.1) is 0 Å². The van der Waals surface area contributed by atoms with Gasteiger partial charge in [0.2, 0.25) is 5.00 Å². The first-order chi connectivity index (χ1) is 8.95. The number of hydrogen-bond donors (Lipinski definition) is 3. The van der Waals surface area contributed by atoms with E-state index in [1.807, 2.05) is 0 Å². The van der Waals surface area contributed by atoms with Crippen LogP contribution >= 0.6 is 11.6 Å². The second kappa shape index (κ2) is 4.14. The SMILES string of the molecule is C[C@H]1O[C@@H](N2C=NC3(Cl)C(N)=NCN=C23)[C@H](O)[C@@H]1O. The summed E-state index contributed by atoms with van der Waals surface area (Å²) in [5.74, 6) is 0.506. The molecular formula is C10H14ClN5O3. The maximum absolute atomic E-state index is 9.99. The Morgan fingerprint density at radius 1 is 1.47 bits per heavy atom. The summed E-state index contributed by atoms with van der Waals surface area (Å²) in [5, 5.41) is 19.7. The van der Waals surface area contributed by atoms with Crippen LogP contribution < -0.4 is 5.73 Å². The van der Waals surface area contributed by atoms with E-state index >= 15 is 0 Å². The normalized spacial score (nSPS) is 45.2. The van der Waals surface area contributed by atoms with E-state index in [0.717, 1.165) is 0 Å². The summed E-state index contributed by atoms with van der Waals surface area (Å²) < 4.78 is 5.51. The van der Waals surface area contributed by atoms with Crippen molar-refractivity contribution in [2.24, 2.45) is 20.7 Å². The molecule has 19 heavy (non-hydrogen) atoms. The predicted molar refractivity (Wildman–Crippen MR) is 69.2 cm³/mol. The number of nitrogens with zero attached hydrogens (tertiary/aromatic N) is 4. The number of alkyl halides is 1. The first kappa shape index (κ1) is 12.8. The third-order valence-electron chi connectivity index (χ3n) is 3.45. The van der Waals surface area contributed by atoms with Gasteiger partial charge >= 0.3 is 0 Å². The zero-order valence-electron chi connectivity index (χ0n) is 10.1. The molecule has 0 aromatic heterocycles. The average Bonchev–Trinajstić information content (AvgIpc) is 2.84. The van der Waals surface area contributed by atoms with Crippen LogP contribution in [0.4, 0.5) is 0 Å². The molecule has 3 aliphatic rings. The van der Waals surface area contributed by atoms with Crippen molar-refractivity contribution in [2.75, 3.05) is 6.67 Å². The van der Waals surface area contributed by atoms with E-state index in [1.54, 1.807) is 6.92 Å². The third kappa shape index (κ3) is 1.68. The summed E-state index contributed by atoms with van der Waals surface area (Å²) in [4.78, 5) is 12.4. The highest BCUT2D eigenvalue weighted by Gasteiger charge is 2.52. The van der Waals surface area contributed by atoms with Gasteiger partial charge in [-0.25, -0.2) is 15.0 Å². The van der Waals surface area contributed by atoms with Crippen molar-refractivity contribution in [3.63, 3.8) is 0 Å². The summed E-state index contributed by atoms with van der Waals surface area (Å²) in [7, 11) is 0. The van der Waals surface area contributed by atoms with E-state index in [9.17, 15) is 10.2 Å². The van der Waals surface area contributed by atoms with Crippen molar-refractivity contribution in [1.29, 1.82) is 0 Å². The summed E-state index contributed by atoms with van der Waals surface area (Å²) >= 11 is 6.29. The summed E-state index contributed by atoms with van der Waals surface area (Å²) in [6, 6.07) is 0. The third-order valence-corrected chi connectivity index (χ3v) is 3.91. The molecule has 0 amide bonds. The number of fused-ring (bicyclic) bond motifs is 1. The van der Waals surface area contributed by atoms with Crippen LogP contribution in [0.2, 0.25) is 0 Å². The lowest BCUT2D eigenvalue weighted by molar-refractivity contribution is -0.0308. The molecule has 0 radical (unpaired) electrons. The second-order valence-electron chi connectivity index (χ2n) is 4.65. The van der Waals surface area contributed by atoms with E-state index < -0.39 is 29.5 Å². The lowest BCUT2D eigenvalue weighted by atomic mass is 10.1. The zero-order valence-corrected chi connectivity index (χ0v) is 10.9. The molecular weight excluding hydrogens is 274 g/mol. The van der Waals surface area contributed by atoms with E-state index in [4.69, 9.17) is 22.1 Å². The minimum Gasteiger partial charge on any atom is -0.388 e. The van der Waals surface area contributed by atoms with Crippen molar-refractivity contribution < 1.29 is 14.9 Å². The first-order valence-corrected chi connectivity index (χ1v) is 6.22. The maximum atomic E-state index is 9.99. The van der Waals surface area contributed by atoms with E-state index in [0.29, 0.717) is 5.84 Å². The lowest BCUT2D eigenvalue weighted by Crippen LogP contribution is -2.53. The first-order valence-electron chi connectivity index (χ1n) is 5.84. The molecule has 0 aliphatic carbocycles. The van der Waals surface area contributed by atoms with Crippen LogP contribution in [-0.4, -0.2) is 69.3 Å². The van der Waals surface area contributed by atoms with Crippen LogP contribution in [0.5, 0.6) is 0 Å². The Hall–Kier alpha value is -1.22. The van der Waals surface area contributed by atoms with Gasteiger partial charge in [-0.05, 0) is 6.92 Å². The van der Waals surface area contributed by atoms with E-state index in [2.05, 4.69) is 15.0 Å². The van der Waals surface area contributed by atoms with Gasteiger partial charge in [-0.2, -0.15) is 0 Å². The molecule has 5 atom stereocenters. The molecule has 0 aromatic carbocycles. The Bertz CT molecular complexity index is 496. The molecule has 0 spiro atoms. The minimum absolute atomic E-state index is 0.149. The van der Waals surface area contributed by atoms with Crippen molar-refractivity contribution >= 4 is 29.6 Å². The zero-order chi connectivity index (χ0) is 13.8. The van der Waals surface area contributed by atoms with Crippen LogP contribution in [0.3, 0.4) is 0 Å². The number of aliphatic hydroxyl groups is 2. The number of rotatable bonds is 1. The highest BCUT2D eigenvalue weighted by molar-refractivity contribution is 6.49. The number of ether oxygens (including phenoxy) is 1. The fourth-order valence-corrected chi connectivity index (χ4v) is 2.58. The van der Waals surface area contributed by atoms with Crippen LogP contribution in [0.1, 0.15) is 6.92 Å². The van der Waals surface area contributed by atoms with Gasteiger partial charge in [0.15, 0.2) is 12.1 Å². The Kier molecular flexibility index (Phi) is 2.79. The molecule has 3 heterocycles. The lowest BCUT2D eigenvalue weighted by Gasteiger charge is -2.30. The monoisotopic (exact) mass is 287 g/mol. The predicted octanol–water partition coefficient (Wildman–Crippen LogP) is -1.54. The highest BCUT2D eigenvalue weighted by atomic mass is 35.5. The van der Waals surface area contributed by atoms with Crippen LogP contribution in [0.25, 0.3) is 0 Å². The highest BCUT2D eigenvalue weighted by Crippen LogP contribution is 2.33. The van der Waals surface area contributed by atoms with Gasteiger partial charge in [0.1, 0.15) is 24.7 Å². The second-order valence-corrected chi connectivity index (χ2v) is 5.20. The van der Waals surface area contributed by atoms with Crippen LogP contribution in [-0.2, 0) is 4.74 Å². The van der Waals surface area contributed by atoms with Gasteiger partial charge in [-0.3, -0.25) is 4.90 Å². The number of amidine groups is 2. The summed E-state index contributed by atoms with van der Waals surface area (Å²) in [5.41, 5.74) is 5.75. The quantitative estimate of drug-likeness (QED) is 0.399. The molecule has 3 rings (SSSR count). The average molecular weight is 288 g/mol. The Balaban J connectivity index is 1.90. The standard InChI is InChI=1S/C10H14ClN5O3/c1-4-5(17)6(18)7(19-4)16-3-15-10(11)8(12)13-2-14-9(10)16/h3-7,17-18H,2H2,1H3,(H2,12,13)/t4-,5-,6-,7-,10?/m1/s1. The van der Waals surface area contributed by atoms with E-state index in [1.165, 1.54) is 11.2 Å². The molecule has 1 fully saturated rings. The number of nitrogens with two attached hydrogens (primary N) is 1. The Morgan fingerprint density at radius 2 is 2.21 bits per heavy atom. The largest absolute Gasteiger partial charge is 0.388 e. The van der Waals surface area contributed by atoms with Crippen molar-refractivity contribution in [3.05, 3.63) is 0 Å². The van der Waals surface area contributed by atoms with Crippen LogP contribution in [0, 0.1) is 0 Å². The van der Waals surface area contributed by atoms with E-state index in [-0.39, 0.29) is 12.5 Å². The summed E-state index contributed by atoms with van der Waals surface area (Å²) in [6.07, 6.45) is -1.94. The molecule has 4 N–H and O–H groups in total. The number of aliphatic imine (C=N–C) groups is 3. The molecule has 1 saturated heterocycles. The number of halogens is 1. The van der Waals surface area contributed by atoms with Crippen molar-refractivity contribution in [3.8, 4) is 0 Å². The van der Waals surface area contributed by atoms with Crippen molar-refractivity contribution in [2.45, 2.75) is 36.5 Å². The molecule has 3 aliphatic heterocycles. The molecule has 0 saturated carbocycles. The minimum atomic E-state index is -1.34. The molecule has 0 bridgehead atoms. The molecule has 104 valence electrons. The smallest absolute Gasteiger partial charge is 0.248 e. The number of aliphatic hydroxyl groups excluding tert-OH is 2. The van der Waals surface area contributed by atoms with Gasteiger partial charge in [0.05, 0.1) is 12.4 Å². The molecule has 8 nitrogen and oxygen atoms in total. The van der Waals surface area contributed by atoms with Crippen LogP contribution in [0.15, 0.2) is 15.0 Å². The van der Waals surface area contributed by atoms with Gasteiger partial charge in [0.25, 0.3) is 0 Å². The van der Waals surface area contributed by atoms with Crippen molar-refractivity contribution in [1.82, 2.24) is 4.90 Å². The maximum Gasteiger partial charge on any atom is 0.248 e. The van der Waals surface area contributed by atoms with Gasteiger partial charge in [0, 0.05) is 0 Å². The Morgan fingerprint density at radius 3 is 2.84 bits per heavy atom. The fraction of sp³-hybridized carbons (Fsp3) is 0.700. The Labute approximate surface area is 114 Å². The number of hydrogen-bond acceptors (Lipinski definition) is 8. The topological polar surface area (TPSA) is 116 Å². The van der Waals surface area contributed by atoms with Gasteiger partial charge < -0.3 is 20.7 Å². The fourth-order valence-electron chi connectivity index (χ4n) is 2.32. The van der Waals surface area contributed by atoms with Gasteiger partial charge in [-0.1, -0.05) is 11.6 Å².